The quantitative estimate of drug-likeness (QED) is 0.560. The van der Waals surface area contributed by atoms with Crippen molar-refractivity contribution < 1.29 is 19.7 Å². The molecule has 0 aromatic carbocycles. The predicted molar refractivity (Wildman–Crippen MR) is 49.8 cm³/mol. The van der Waals surface area contributed by atoms with Crippen LogP contribution in [-0.4, -0.2) is 40.2 Å². The number of carbonyl (C=O) groups is 1. The summed E-state index contributed by atoms with van der Waals surface area (Å²) < 4.78 is 4.97. The first-order chi connectivity index (χ1) is 6.29. The summed E-state index contributed by atoms with van der Waals surface area (Å²) in [5.74, 6) is 0. The van der Waals surface area contributed by atoms with E-state index < -0.39 is 29.9 Å². The van der Waals surface area contributed by atoms with Gasteiger partial charge in [-0.3, -0.25) is 0 Å². The van der Waals surface area contributed by atoms with Crippen molar-refractivity contribution in [2.75, 3.05) is 0 Å². The number of aliphatic hydroxyl groups is 2. The fraction of sp³-hybridized carbons (Fsp3) is 0.889. The number of amides is 1. The second-order valence-corrected chi connectivity index (χ2v) is 4.54. The van der Waals surface area contributed by atoms with E-state index in [2.05, 4.69) is 5.32 Å². The van der Waals surface area contributed by atoms with Crippen LogP contribution in [0.15, 0.2) is 0 Å². The lowest BCUT2D eigenvalue weighted by atomic mass is 9.86. The number of nitrogens with one attached hydrogen (secondary N) is 1. The molecule has 14 heavy (non-hydrogen) atoms. The molecule has 5 nitrogen and oxygen atoms in total. The number of carbonyl (C=O) groups excluding carboxylic acids is 1. The lowest BCUT2D eigenvalue weighted by Crippen LogP contribution is -2.60. The van der Waals surface area contributed by atoms with Gasteiger partial charge in [0, 0.05) is 6.42 Å². The maximum atomic E-state index is 11.2. The third-order valence-electron chi connectivity index (χ3n) is 2.00. The number of hydrogen-bond donors (Lipinski definition) is 3. The summed E-state index contributed by atoms with van der Waals surface area (Å²) in [6.07, 6.45) is -1.64. The van der Waals surface area contributed by atoms with Gasteiger partial charge < -0.3 is 20.3 Å². The molecule has 0 aromatic heterocycles. The first-order valence-corrected chi connectivity index (χ1v) is 4.65. The topological polar surface area (TPSA) is 78.8 Å². The highest BCUT2D eigenvalue weighted by Crippen LogP contribution is 2.21. The lowest BCUT2D eigenvalue weighted by Gasteiger charge is -2.38. The van der Waals surface area contributed by atoms with Gasteiger partial charge in [-0.1, -0.05) is 0 Å². The monoisotopic (exact) mass is 203 g/mol. The van der Waals surface area contributed by atoms with Crippen LogP contribution in [0.25, 0.3) is 0 Å². The molecule has 1 aliphatic carbocycles. The summed E-state index contributed by atoms with van der Waals surface area (Å²) in [6.45, 7) is 5.25. The molecule has 0 radical (unpaired) electrons. The molecule has 5 heteroatoms. The van der Waals surface area contributed by atoms with Crippen molar-refractivity contribution in [2.45, 2.75) is 51.0 Å². The second-order valence-electron chi connectivity index (χ2n) is 4.54. The summed E-state index contributed by atoms with van der Waals surface area (Å²) >= 11 is 0. The van der Waals surface area contributed by atoms with Crippen LogP contribution < -0.4 is 5.32 Å². The fourth-order valence-corrected chi connectivity index (χ4v) is 1.24. The van der Waals surface area contributed by atoms with Crippen molar-refractivity contribution in [1.82, 2.24) is 5.32 Å². The van der Waals surface area contributed by atoms with E-state index in [0.717, 1.165) is 0 Å². The molecule has 1 amide bonds. The molecule has 2 atom stereocenters. The largest absolute Gasteiger partial charge is 0.444 e. The maximum Gasteiger partial charge on any atom is 0.408 e. The molecule has 0 unspecified atom stereocenters. The van der Waals surface area contributed by atoms with Crippen LogP contribution in [0, 0.1) is 0 Å². The Morgan fingerprint density at radius 3 is 2.21 bits per heavy atom. The Hall–Kier alpha value is -0.810. The molecule has 0 aliphatic heterocycles. The van der Waals surface area contributed by atoms with Crippen molar-refractivity contribution in [3.05, 3.63) is 0 Å². The third kappa shape index (κ3) is 2.85. The van der Waals surface area contributed by atoms with Crippen LogP contribution in [0.3, 0.4) is 0 Å². The first kappa shape index (κ1) is 11.3. The van der Waals surface area contributed by atoms with Crippen LogP contribution in [0.5, 0.6) is 0 Å². The number of aliphatic hydroxyl groups excluding tert-OH is 2. The van der Waals surface area contributed by atoms with Crippen LogP contribution in [0.2, 0.25) is 0 Å². The Balaban J connectivity index is 2.34. The van der Waals surface area contributed by atoms with Gasteiger partial charge in [0.1, 0.15) is 5.60 Å². The minimum absolute atomic E-state index is 0.306. The van der Waals surface area contributed by atoms with E-state index in [9.17, 15) is 15.0 Å². The molecule has 1 fully saturated rings. The Kier molecular flexibility index (Phi) is 3.01. The summed E-state index contributed by atoms with van der Waals surface area (Å²) in [4.78, 5) is 11.2. The average Bonchev–Trinajstić information content (AvgIpc) is 1.98. The standard InChI is InChI=1S/C9H17NO4/c1-9(2,3)14-8(13)10-7-5(11)4-6(7)12/h5-7,11-12H,4H2,1-3H3,(H,10,13)/t5-,6-/m0/s1. The highest BCUT2D eigenvalue weighted by molar-refractivity contribution is 5.68. The Morgan fingerprint density at radius 1 is 1.36 bits per heavy atom. The van der Waals surface area contributed by atoms with Crippen molar-refractivity contribution >= 4 is 6.09 Å². The normalized spacial score (nSPS) is 28.1. The van der Waals surface area contributed by atoms with E-state index in [1.54, 1.807) is 20.8 Å². The van der Waals surface area contributed by atoms with Crippen molar-refractivity contribution in [3.8, 4) is 0 Å². The first-order valence-electron chi connectivity index (χ1n) is 4.65. The van der Waals surface area contributed by atoms with E-state index in [-0.39, 0.29) is 0 Å². The SMILES string of the molecule is CC(C)(C)OC(=O)NC1[C@@H](O)C[C@@H]1O. The Bertz CT molecular complexity index is 215. The molecule has 1 rings (SSSR count). The lowest BCUT2D eigenvalue weighted by molar-refractivity contribution is -0.0655. The van der Waals surface area contributed by atoms with Crippen LogP contribution in [0.4, 0.5) is 4.79 Å². The molecule has 82 valence electrons. The number of ether oxygens (including phenoxy) is 1. The van der Waals surface area contributed by atoms with E-state index >= 15 is 0 Å². The van der Waals surface area contributed by atoms with Crippen LogP contribution >= 0.6 is 0 Å². The summed E-state index contributed by atoms with van der Waals surface area (Å²) in [5.41, 5.74) is -0.566. The predicted octanol–water partition coefficient (Wildman–Crippen LogP) is 0.00520. The van der Waals surface area contributed by atoms with Gasteiger partial charge in [-0.15, -0.1) is 0 Å². The van der Waals surface area contributed by atoms with Gasteiger partial charge in [0.2, 0.25) is 0 Å². The molecule has 0 heterocycles. The number of hydrogen-bond acceptors (Lipinski definition) is 4. The molecular weight excluding hydrogens is 186 g/mol. The summed E-state index contributed by atoms with van der Waals surface area (Å²) in [5, 5.41) is 20.8. The molecule has 1 saturated carbocycles. The average molecular weight is 203 g/mol. The summed E-state index contributed by atoms with van der Waals surface area (Å²) in [7, 11) is 0. The van der Waals surface area contributed by atoms with Gasteiger partial charge in [-0.25, -0.2) is 4.79 Å². The summed E-state index contributed by atoms with van der Waals surface area (Å²) in [6, 6.07) is -0.593. The van der Waals surface area contributed by atoms with Crippen molar-refractivity contribution in [2.24, 2.45) is 0 Å². The van der Waals surface area contributed by atoms with E-state index in [0.29, 0.717) is 6.42 Å². The molecule has 0 spiro atoms. The molecule has 0 saturated heterocycles. The molecule has 0 bridgehead atoms. The Morgan fingerprint density at radius 2 is 1.86 bits per heavy atom. The zero-order valence-corrected chi connectivity index (χ0v) is 8.65. The maximum absolute atomic E-state index is 11.2. The number of alkyl carbamates (subject to hydrolysis) is 1. The fourth-order valence-electron chi connectivity index (χ4n) is 1.24. The van der Waals surface area contributed by atoms with E-state index in [4.69, 9.17) is 4.74 Å². The highest BCUT2D eigenvalue weighted by atomic mass is 16.6. The van der Waals surface area contributed by atoms with Crippen molar-refractivity contribution in [3.63, 3.8) is 0 Å². The minimum atomic E-state index is -0.669. The van der Waals surface area contributed by atoms with Gasteiger partial charge in [-0.2, -0.15) is 0 Å². The zero-order valence-electron chi connectivity index (χ0n) is 8.65. The number of rotatable bonds is 1. The van der Waals surface area contributed by atoms with Crippen molar-refractivity contribution in [1.29, 1.82) is 0 Å². The van der Waals surface area contributed by atoms with Crippen LogP contribution in [0.1, 0.15) is 27.2 Å². The minimum Gasteiger partial charge on any atom is -0.444 e. The Labute approximate surface area is 83.1 Å². The molecular formula is C9H17NO4. The highest BCUT2D eigenvalue weighted by Gasteiger charge is 2.40. The molecule has 1 aliphatic rings. The third-order valence-corrected chi connectivity index (χ3v) is 2.00. The molecule has 3 N–H and O–H groups in total. The van der Waals surface area contributed by atoms with Gasteiger partial charge in [0.05, 0.1) is 18.2 Å². The van der Waals surface area contributed by atoms with Gasteiger partial charge >= 0.3 is 6.09 Å². The zero-order chi connectivity index (χ0) is 10.9. The second kappa shape index (κ2) is 3.74. The van der Waals surface area contributed by atoms with Gasteiger partial charge in [-0.05, 0) is 20.8 Å². The molecule has 0 aromatic rings. The smallest absolute Gasteiger partial charge is 0.408 e. The van der Waals surface area contributed by atoms with E-state index in [1.165, 1.54) is 0 Å². The van der Waals surface area contributed by atoms with Crippen LogP contribution in [-0.2, 0) is 4.74 Å². The van der Waals surface area contributed by atoms with Gasteiger partial charge in [0.15, 0.2) is 0 Å². The van der Waals surface area contributed by atoms with Gasteiger partial charge in [0.25, 0.3) is 0 Å². The van der Waals surface area contributed by atoms with E-state index in [1.807, 2.05) is 0 Å².